The summed E-state index contributed by atoms with van der Waals surface area (Å²) in [5.74, 6) is -0.160. The van der Waals surface area contributed by atoms with Crippen molar-refractivity contribution in [3.8, 4) is 0 Å². The van der Waals surface area contributed by atoms with Gasteiger partial charge in [-0.05, 0) is 0 Å². The molecule has 0 bridgehead atoms. The van der Waals surface area contributed by atoms with Gasteiger partial charge in [0.15, 0.2) is 0 Å². The van der Waals surface area contributed by atoms with Crippen molar-refractivity contribution in [1.82, 2.24) is 14.9 Å². The van der Waals surface area contributed by atoms with E-state index in [4.69, 9.17) is 0 Å². The van der Waals surface area contributed by atoms with Gasteiger partial charge < -0.3 is 0 Å². The van der Waals surface area contributed by atoms with E-state index >= 15 is 0 Å². The minimum atomic E-state index is -3.38. The molecule has 1 rings (SSSR count). The highest BCUT2D eigenvalue weighted by molar-refractivity contribution is 7.92. The van der Waals surface area contributed by atoms with Gasteiger partial charge >= 0.3 is 0 Å². The van der Waals surface area contributed by atoms with Gasteiger partial charge in [-0.25, -0.2) is 18.2 Å². The minimum Gasteiger partial charge on any atom is -0.210 e. The molecule has 0 unspecified atom stereocenters. The van der Waals surface area contributed by atoms with Gasteiger partial charge in [0.25, 0.3) is 10.0 Å². The van der Waals surface area contributed by atoms with E-state index in [1.165, 1.54) is 12.4 Å². The molecule has 1 N–H and O–H groups in total. The van der Waals surface area contributed by atoms with Crippen LogP contribution in [0.15, 0.2) is 19.0 Å². The summed E-state index contributed by atoms with van der Waals surface area (Å²) in [5, 5.41) is 3.44. The maximum Gasteiger partial charge on any atom is 0.251 e. The summed E-state index contributed by atoms with van der Waals surface area (Å²) in [6.07, 6.45) is 4.68. The standard InChI is InChI=1S/C5H7N4O2S/c1-2-3-12(10,11)8-9-5-6-4-7-9/h2,5,8H,1,3H2. The van der Waals surface area contributed by atoms with Gasteiger partial charge in [0.2, 0.25) is 6.33 Å². The van der Waals surface area contributed by atoms with Crippen molar-refractivity contribution in [3.05, 3.63) is 25.3 Å². The molecule has 0 aliphatic heterocycles. The van der Waals surface area contributed by atoms with Gasteiger partial charge in [-0.1, -0.05) is 6.08 Å². The topological polar surface area (TPSA) is 76.9 Å². The van der Waals surface area contributed by atoms with E-state index in [-0.39, 0.29) is 5.75 Å². The molecule has 1 radical (unpaired) electrons. The fourth-order valence-corrected chi connectivity index (χ4v) is 1.32. The summed E-state index contributed by atoms with van der Waals surface area (Å²) in [6, 6.07) is 0. The highest BCUT2D eigenvalue weighted by Gasteiger charge is 2.06. The minimum absolute atomic E-state index is 0.160. The van der Waals surface area contributed by atoms with Gasteiger partial charge in [-0.2, -0.15) is 4.79 Å². The average molecular weight is 187 g/mol. The Morgan fingerprint density at radius 1 is 1.75 bits per heavy atom. The summed E-state index contributed by atoms with van der Waals surface area (Å²) in [4.78, 5) is 6.51. The van der Waals surface area contributed by atoms with Crippen molar-refractivity contribution < 1.29 is 8.42 Å². The van der Waals surface area contributed by atoms with Crippen LogP contribution >= 0.6 is 0 Å². The van der Waals surface area contributed by atoms with Crippen LogP contribution in [0.25, 0.3) is 0 Å². The predicted molar refractivity (Wildman–Crippen MR) is 42.2 cm³/mol. The molecule has 65 valence electrons. The smallest absolute Gasteiger partial charge is 0.210 e. The van der Waals surface area contributed by atoms with Gasteiger partial charge in [-0.3, -0.25) is 0 Å². The molecule has 1 aromatic rings. The van der Waals surface area contributed by atoms with E-state index in [9.17, 15) is 8.42 Å². The van der Waals surface area contributed by atoms with Crippen molar-refractivity contribution in [2.45, 2.75) is 0 Å². The number of nitrogens with zero attached hydrogens (tertiary/aromatic N) is 3. The Labute approximate surface area is 69.9 Å². The Bertz CT molecular complexity index is 342. The maximum atomic E-state index is 11.0. The first kappa shape index (κ1) is 8.72. The van der Waals surface area contributed by atoms with Gasteiger partial charge in [0.1, 0.15) is 6.33 Å². The molecule has 0 amide bonds. The third-order valence-electron chi connectivity index (χ3n) is 0.947. The molecule has 12 heavy (non-hydrogen) atoms. The lowest BCUT2D eigenvalue weighted by molar-refractivity contribution is 0.594. The first-order valence-corrected chi connectivity index (χ1v) is 4.68. The molecule has 0 saturated carbocycles. The fourth-order valence-electron chi connectivity index (χ4n) is 0.559. The van der Waals surface area contributed by atoms with E-state index in [2.05, 4.69) is 27.8 Å². The van der Waals surface area contributed by atoms with Crippen LogP contribution in [0.3, 0.4) is 0 Å². The van der Waals surface area contributed by atoms with Crippen LogP contribution in [-0.4, -0.2) is 29.0 Å². The number of sulfonamides is 1. The normalized spacial score (nSPS) is 11.0. The molecule has 7 heteroatoms. The second kappa shape index (κ2) is 3.35. The lowest BCUT2D eigenvalue weighted by Crippen LogP contribution is -2.25. The largest absolute Gasteiger partial charge is 0.251 e. The zero-order valence-corrected chi connectivity index (χ0v) is 6.95. The molecule has 6 nitrogen and oxygen atoms in total. The lowest BCUT2D eigenvalue weighted by Gasteiger charge is -2.02. The fraction of sp³-hybridized carbons (Fsp3) is 0.200. The number of hydrogen-bond donors (Lipinski definition) is 1. The Balaban J connectivity index is 2.69. The second-order valence-electron chi connectivity index (χ2n) is 1.95. The van der Waals surface area contributed by atoms with E-state index < -0.39 is 10.0 Å². The summed E-state index contributed by atoms with van der Waals surface area (Å²) < 4.78 is 22.0. The molecule has 0 spiro atoms. The molecule has 0 aliphatic carbocycles. The van der Waals surface area contributed by atoms with E-state index in [1.54, 1.807) is 0 Å². The van der Waals surface area contributed by atoms with Crippen LogP contribution in [0.1, 0.15) is 0 Å². The van der Waals surface area contributed by atoms with Crippen LogP contribution in [0, 0.1) is 6.33 Å². The van der Waals surface area contributed by atoms with E-state index in [1.807, 2.05) is 0 Å². The molecule has 0 aromatic carbocycles. The van der Waals surface area contributed by atoms with Crippen molar-refractivity contribution in [2.75, 3.05) is 10.6 Å². The van der Waals surface area contributed by atoms with Crippen LogP contribution in [0.2, 0.25) is 0 Å². The first-order chi connectivity index (χ1) is 5.64. The maximum absolute atomic E-state index is 11.0. The molecule has 0 fully saturated rings. The van der Waals surface area contributed by atoms with Crippen molar-refractivity contribution >= 4 is 10.0 Å². The van der Waals surface area contributed by atoms with Gasteiger partial charge in [0, 0.05) is 0 Å². The van der Waals surface area contributed by atoms with Crippen LogP contribution in [-0.2, 0) is 10.0 Å². The first-order valence-electron chi connectivity index (χ1n) is 3.03. The summed E-state index contributed by atoms with van der Waals surface area (Å²) in [5.41, 5.74) is 0. The number of aromatic nitrogens is 3. The Morgan fingerprint density at radius 2 is 2.50 bits per heavy atom. The van der Waals surface area contributed by atoms with Crippen LogP contribution < -0.4 is 4.83 Å². The lowest BCUT2D eigenvalue weighted by atomic mass is 10.8. The zero-order chi connectivity index (χ0) is 9.03. The quantitative estimate of drug-likeness (QED) is 0.622. The van der Waals surface area contributed by atoms with E-state index in [0.29, 0.717) is 0 Å². The van der Waals surface area contributed by atoms with Gasteiger partial charge in [0.05, 0.1) is 5.75 Å². The van der Waals surface area contributed by atoms with Crippen molar-refractivity contribution in [3.63, 3.8) is 0 Å². The molecule has 0 aliphatic rings. The monoisotopic (exact) mass is 187 g/mol. The number of hydrogen-bond acceptors (Lipinski definition) is 4. The second-order valence-corrected chi connectivity index (χ2v) is 3.70. The average Bonchev–Trinajstić information content (AvgIpc) is 2.38. The Kier molecular flexibility index (Phi) is 2.44. The molecular weight excluding hydrogens is 180 g/mol. The van der Waals surface area contributed by atoms with Crippen molar-refractivity contribution in [2.24, 2.45) is 0 Å². The number of rotatable bonds is 4. The van der Waals surface area contributed by atoms with Crippen molar-refractivity contribution in [1.29, 1.82) is 0 Å². The van der Waals surface area contributed by atoms with Gasteiger partial charge in [-0.15, -0.1) is 11.7 Å². The summed E-state index contributed by atoms with van der Waals surface area (Å²) in [6.45, 7) is 3.30. The summed E-state index contributed by atoms with van der Waals surface area (Å²) in [7, 11) is -3.38. The van der Waals surface area contributed by atoms with Crippen LogP contribution in [0.4, 0.5) is 0 Å². The Hall–Kier alpha value is -1.37. The summed E-state index contributed by atoms with van der Waals surface area (Å²) >= 11 is 0. The molecule has 1 heterocycles. The molecule has 0 atom stereocenters. The zero-order valence-electron chi connectivity index (χ0n) is 6.14. The predicted octanol–water partition coefficient (Wildman–Crippen LogP) is -0.862. The molecule has 0 saturated heterocycles. The molecule has 1 aromatic heterocycles. The Morgan fingerprint density at radius 3 is 3.00 bits per heavy atom. The third kappa shape index (κ3) is 2.35. The number of nitrogens with one attached hydrogen (secondary N) is 1. The third-order valence-corrected chi connectivity index (χ3v) is 2.09. The van der Waals surface area contributed by atoms with E-state index in [0.717, 1.165) is 4.79 Å². The highest BCUT2D eigenvalue weighted by atomic mass is 32.2. The SMILES string of the molecule is C=CCS(=O)(=O)Nn1cn[c]n1. The highest BCUT2D eigenvalue weighted by Crippen LogP contribution is 1.86. The molecular formula is C5H7N4O2S. The van der Waals surface area contributed by atoms with Crippen LogP contribution in [0.5, 0.6) is 0 Å².